The van der Waals surface area contributed by atoms with E-state index in [1.165, 1.54) is 11.3 Å². The molecule has 1 aromatic rings. The van der Waals surface area contributed by atoms with Crippen LogP contribution in [-0.2, 0) is 4.74 Å². The van der Waals surface area contributed by atoms with Gasteiger partial charge in [-0.25, -0.2) is 0 Å². The van der Waals surface area contributed by atoms with Crippen LogP contribution in [0.4, 0.5) is 0 Å². The summed E-state index contributed by atoms with van der Waals surface area (Å²) in [5.41, 5.74) is 0. The lowest BCUT2D eigenvalue weighted by atomic mass is 10.2. The first-order chi connectivity index (χ1) is 7.70. The number of nitrogens with zero attached hydrogens (tertiary/aromatic N) is 1. The van der Waals surface area contributed by atoms with Crippen LogP contribution in [0, 0.1) is 0 Å². The summed E-state index contributed by atoms with van der Waals surface area (Å²) in [5, 5.41) is 0. The maximum absolute atomic E-state index is 12.1. The molecule has 0 bridgehead atoms. The van der Waals surface area contributed by atoms with Gasteiger partial charge in [-0.05, 0) is 18.6 Å². The Morgan fingerprint density at radius 2 is 2.50 bits per heavy atom. The molecule has 1 fully saturated rings. The molecule has 88 valence electrons. The van der Waals surface area contributed by atoms with Gasteiger partial charge in [0.05, 0.1) is 21.9 Å². The van der Waals surface area contributed by atoms with Gasteiger partial charge in [0.25, 0.3) is 5.91 Å². The summed E-state index contributed by atoms with van der Waals surface area (Å²) in [5.74, 6) is 0.0682. The monoisotopic (exact) mass is 259 g/mol. The van der Waals surface area contributed by atoms with E-state index < -0.39 is 0 Å². The summed E-state index contributed by atoms with van der Waals surface area (Å²) >= 11 is 7.15. The quantitative estimate of drug-likeness (QED) is 0.817. The standard InChI is InChI=1S/C11H14ClNO2S/c1-2-8-7-13(5-6-15-8)11(14)9-3-4-10(12)16-9/h3-4,8H,2,5-7H2,1H3/t8-/m0/s1. The largest absolute Gasteiger partial charge is 0.375 e. The molecular formula is C11H14ClNO2S. The Kier molecular flexibility index (Phi) is 3.84. The van der Waals surface area contributed by atoms with Crippen molar-refractivity contribution in [3.63, 3.8) is 0 Å². The number of rotatable bonds is 2. The van der Waals surface area contributed by atoms with Crippen molar-refractivity contribution < 1.29 is 9.53 Å². The third kappa shape index (κ3) is 2.56. The zero-order chi connectivity index (χ0) is 11.5. The lowest BCUT2D eigenvalue weighted by Crippen LogP contribution is -2.45. The zero-order valence-corrected chi connectivity index (χ0v) is 10.7. The average molecular weight is 260 g/mol. The molecule has 1 aromatic heterocycles. The number of amides is 1. The molecule has 1 aliphatic rings. The first-order valence-electron chi connectivity index (χ1n) is 5.37. The Bertz CT molecular complexity index is 380. The molecule has 2 heterocycles. The Morgan fingerprint density at radius 3 is 3.12 bits per heavy atom. The Labute approximate surface area is 104 Å². The molecular weight excluding hydrogens is 246 g/mol. The van der Waals surface area contributed by atoms with Crippen LogP contribution in [0.25, 0.3) is 0 Å². The van der Waals surface area contributed by atoms with Crippen LogP contribution >= 0.6 is 22.9 Å². The van der Waals surface area contributed by atoms with Crippen LogP contribution in [0.2, 0.25) is 4.34 Å². The van der Waals surface area contributed by atoms with Crippen LogP contribution in [0.15, 0.2) is 12.1 Å². The average Bonchev–Trinajstić information content (AvgIpc) is 2.75. The van der Waals surface area contributed by atoms with E-state index in [1.54, 1.807) is 12.1 Å². The van der Waals surface area contributed by atoms with E-state index in [1.807, 2.05) is 4.90 Å². The van der Waals surface area contributed by atoms with Gasteiger partial charge in [-0.15, -0.1) is 11.3 Å². The van der Waals surface area contributed by atoms with E-state index in [-0.39, 0.29) is 12.0 Å². The number of thiophene rings is 1. The minimum Gasteiger partial charge on any atom is -0.375 e. The molecule has 1 amide bonds. The topological polar surface area (TPSA) is 29.5 Å². The summed E-state index contributed by atoms with van der Waals surface area (Å²) in [6.07, 6.45) is 1.11. The number of halogens is 1. The maximum Gasteiger partial charge on any atom is 0.264 e. The normalized spacial score (nSPS) is 21.1. The number of morpholine rings is 1. The van der Waals surface area contributed by atoms with Crippen LogP contribution in [0.5, 0.6) is 0 Å². The van der Waals surface area contributed by atoms with Crippen LogP contribution in [0.3, 0.4) is 0 Å². The third-order valence-corrected chi connectivity index (χ3v) is 3.88. The highest BCUT2D eigenvalue weighted by Crippen LogP contribution is 2.23. The predicted octanol–water partition coefficient (Wildman–Crippen LogP) is 2.65. The van der Waals surface area contributed by atoms with Gasteiger partial charge in [0, 0.05) is 13.1 Å². The van der Waals surface area contributed by atoms with E-state index >= 15 is 0 Å². The number of hydrogen-bond acceptors (Lipinski definition) is 3. The highest BCUT2D eigenvalue weighted by Gasteiger charge is 2.24. The Balaban J connectivity index is 2.04. The maximum atomic E-state index is 12.1. The minimum atomic E-state index is 0.0682. The fourth-order valence-electron chi connectivity index (χ4n) is 1.74. The van der Waals surface area contributed by atoms with Crippen LogP contribution in [-0.4, -0.2) is 36.6 Å². The van der Waals surface area contributed by atoms with E-state index in [0.29, 0.717) is 28.9 Å². The first-order valence-corrected chi connectivity index (χ1v) is 6.56. The van der Waals surface area contributed by atoms with E-state index in [4.69, 9.17) is 16.3 Å². The molecule has 0 saturated carbocycles. The van der Waals surface area contributed by atoms with Crippen molar-refractivity contribution in [2.24, 2.45) is 0 Å². The van der Waals surface area contributed by atoms with Crippen LogP contribution in [0.1, 0.15) is 23.0 Å². The highest BCUT2D eigenvalue weighted by molar-refractivity contribution is 7.17. The molecule has 0 aliphatic carbocycles. The van der Waals surface area contributed by atoms with Crippen molar-refractivity contribution in [1.82, 2.24) is 4.90 Å². The Hall–Kier alpha value is -0.580. The Morgan fingerprint density at radius 1 is 1.69 bits per heavy atom. The summed E-state index contributed by atoms with van der Waals surface area (Å²) in [6.45, 7) is 4.06. The van der Waals surface area contributed by atoms with E-state index in [0.717, 1.165) is 6.42 Å². The highest BCUT2D eigenvalue weighted by atomic mass is 35.5. The molecule has 0 radical (unpaired) electrons. The van der Waals surface area contributed by atoms with Gasteiger partial charge in [0.15, 0.2) is 0 Å². The van der Waals surface area contributed by atoms with Gasteiger partial charge in [0.1, 0.15) is 0 Å². The number of carbonyl (C=O) groups excluding carboxylic acids is 1. The second-order valence-corrected chi connectivity index (χ2v) is 5.47. The smallest absolute Gasteiger partial charge is 0.264 e. The number of ether oxygens (including phenoxy) is 1. The van der Waals surface area contributed by atoms with Gasteiger partial charge in [-0.3, -0.25) is 4.79 Å². The molecule has 3 nitrogen and oxygen atoms in total. The lowest BCUT2D eigenvalue weighted by Gasteiger charge is -2.32. The molecule has 16 heavy (non-hydrogen) atoms. The van der Waals surface area contributed by atoms with E-state index in [9.17, 15) is 4.79 Å². The second-order valence-electron chi connectivity index (χ2n) is 3.76. The second kappa shape index (κ2) is 5.17. The first kappa shape index (κ1) is 11.9. The summed E-state index contributed by atoms with van der Waals surface area (Å²) in [6, 6.07) is 3.54. The molecule has 0 spiro atoms. The van der Waals surface area contributed by atoms with Crippen molar-refractivity contribution in [3.05, 3.63) is 21.3 Å². The van der Waals surface area contributed by atoms with Gasteiger partial charge in [-0.2, -0.15) is 0 Å². The minimum absolute atomic E-state index is 0.0682. The lowest BCUT2D eigenvalue weighted by molar-refractivity contribution is -0.0224. The summed E-state index contributed by atoms with van der Waals surface area (Å²) < 4.78 is 6.19. The van der Waals surface area contributed by atoms with E-state index in [2.05, 4.69) is 6.92 Å². The number of carbonyl (C=O) groups is 1. The van der Waals surface area contributed by atoms with Crippen molar-refractivity contribution >= 4 is 28.8 Å². The third-order valence-electron chi connectivity index (χ3n) is 2.67. The van der Waals surface area contributed by atoms with Crippen molar-refractivity contribution in [2.75, 3.05) is 19.7 Å². The molecule has 1 aliphatic heterocycles. The molecule has 0 N–H and O–H groups in total. The SMILES string of the molecule is CC[C@H]1CN(C(=O)c2ccc(Cl)s2)CCO1. The molecule has 5 heteroatoms. The fourth-order valence-corrected chi connectivity index (χ4v) is 2.75. The van der Waals surface area contributed by atoms with Crippen LogP contribution < -0.4 is 0 Å². The molecule has 1 saturated heterocycles. The number of hydrogen-bond donors (Lipinski definition) is 0. The summed E-state index contributed by atoms with van der Waals surface area (Å²) in [4.78, 5) is 14.7. The zero-order valence-electron chi connectivity index (χ0n) is 9.11. The van der Waals surface area contributed by atoms with Gasteiger partial charge in [0.2, 0.25) is 0 Å². The van der Waals surface area contributed by atoms with Crippen molar-refractivity contribution in [1.29, 1.82) is 0 Å². The van der Waals surface area contributed by atoms with Crippen molar-refractivity contribution in [2.45, 2.75) is 19.4 Å². The van der Waals surface area contributed by atoms with Gasteiger partial charge in [-0.1, -0.05) is 18.5 Å². The fraction of sp³-hybridized carbons (Fsp3) is 0.545. The molecule has 2 rings (SSSR count). The predicted molar refractivity (Wildman–Crippen MR) is 65.3 cm³/mol. The van der Waals surface area contributed by atoms with Crippen molar-refractivity contribution in [3.8, 4) is 0 Å². The van der Waals surface area contributed by atoms with Gasteiger partial charge >= 0.3 is 0 Å². The molecule has 0 aromatic carbocycles. The molecule has 0 unspecified atom stereocenters. The van der Waals surface area contributed by atoms with Gasteiger partial charge < -0.3 is 9.64 Å². The molecule has 1 atom stereocenters. The summed E-state index contributed by atoms with van der Waals surface area (Å²) in [7, 11) is 0.